The molecule has 1 amide bonds. The molecule has 0 bridgehead atoms. The van der Waals surface area contributed by atoms with Gasteiger partial charge < -0.3 is 14.6 Å². The van der Waals surface area contributed by atoms with E-state index < -0.39 is 5.54 Å². The summed E-state index contributed by atoms with van der Waals surface area (Å²) < 4.78 is 11.0. The number of pyridine rings is 1. The van der Waals surface area contributed by atoms with Crippen molar-refractivity contribution < 1.29 is 14.1 Å². The number of nitrogens with zero attached hydrogens (tertiary/aromatic N) is 3. The molecule has 2 rings (SSSR count). The maximum atomic E-state index is 11.3. The van der Waals surface area contributed by atoms with Crippen LogP contribution < -0.4 is 10.1 Å². The summed E-state index contributed by atoms with van der Waals surface area (Å²) in [5.74, 6) is 1.03. The molecule has 0 atom stereocenters. The number of rotatable bonds is 5. The van der Waals surface area contributed by atoms with E-state index in [1.807, 2.05) is 13.8 Å². The fraction of sp³-hybridized carbons (Fsp3) is 0.467. The smallest absolute Gasteiger partial charge is 0.280 e. The van der Waals surface area contributed by atoms with E-state index in [-0.39, 0.29) is 17.9 Å². The van der Waals surface area contributed by atoms with E-state index in [1.54, 1.807) is 32.2 Å². The van der Waals surface area contributed by atoms with E-state index in [2.05, 4.69) is 20.4 Å². The molecule has 7 nitrogen and oxygen atoms in total. The monoisotopic (exact) mass is 304 g/mol. The normalized spacial score (nSPS) is 11.5. The van der Waals surface area contributed by atoms with Crippen LogP contribution in [-0.4, -0.2) is 27.1 Å². The molecule has 0 fully saturated rings. The Balaban J connectivity index is 2.34. The fourth-order valence-electron chi connectivity index (χ4n) is 1.97. The van der Waals surface area contributed by atoms with E-state index in [9.17, 15) is 4.79 Å². The number of carbonyl (C=O) groups excluding carboxylic acids is 1. The van der Waals surface area contributed by atoms with Crippen molar-refractivity contribution in [3.05, 3.63) is 24.2 Å². The molecule has 0 aromatic carbocycles. The molecular formula is C15H20N4O3. The van der Waals surface area contributed by atoms with Crippen LogP contribution in [0.15, 0.2) is 22.9 Å². The zero-order chi connectivity index (χ0) is 16.3. The molecule has 0 aliphatic carbocycles. The van der Waals surface area contributed by atoms with Gasteiger partial charge in [-0.15, -0.1) is 0 Å². The Bertz CT molecular complexity index is 664. The second-order valence-electron chi connectivity index (χ2n) is 5.75. The number of hydrogen-bond acceptors (Lipinski definition) is 6. The van der Waals surface area contributed by atoms with Gasteiger partial charge in [0, 0.05) is 13.1 Å². The number of carbonyl (C=O) groups is 1. The van der Waals surface area contributed by atoms with Crippen LogP contribution in [0.1, 0.15) is 40.4 Å². The van der Waals surface area contributed by atoms with Gasteiger partial charge in [-0.3, -0.25) is 4.79 Å². The third-order valence-corrected chi connectivity index (χ3v) is 2.81. The van der Waals surface area contributed by atoms with E-state index in [1.165, 1.54) is 6.92 Å². The number of ether oxygens (including phenoxy) is 1. The van der Waals surface area contributed by atoms with Crippen LogP contribution >= 0.6 is 0 Å². The lowest BCUT2D eigenvalue weighted by molar-refractivity contribution is -0.120. The van der Waals surface area contributed by atoms with Crippen molar-refractivity contribution in [3.8, 4) is 17.3 Å². The number of aromatic nitrogens is 3. The Morgan fingerprint density at radius 2 is 2.14 bits per heavy atom. The Labute approximate surface area is 129 Å². The summed E-state index contributed by atoms with van der Waals surface area (Å²) in [6.45, 7) is 8.89. The van der Waals surface area contributed by atoms with Crippen LogP contribution in [0, 0.1) is 0 Å². The molecule has 7 heteroatoms. The van der Waals surface area contributed by atoms with Gasteiger partial charge in [-0.05, 0) is 39.8 Å². The van der Waals surface area contributed by atoms with E-state index in [0.717, 1.165) is 0 Å². The van der Waals surface area contributed by atoms with Crippen molar-refractivity contribution in [1.29, 1.82) is 0 Å². The average Bonchev–Trinajstić information content (AvgIpc) is 2.87. The third kappa shape index (κ3) is 3.60. The first-order valence-corrected chi connectivity index (χ1v) is 7.04. The summed E-state index contributed by atoms with van der Waals surface area (Å²) in [5.41, 5.74) is -0.255. The first kappa shape index (κ1) is 15.9. The van der Waals surface area contributed by atoms with E-state index in [0.29, 0.717) is 17.3 Å². The second kappa shape index (κ2) is 6.13. The van der Waals surface area contributed by atoms with Crippen LogP contribution in [0.5, 0.6) is 5.75 Å². The highest BCUT2D eigenvalue weighted by Crippen LogP contribution is 2.28. The Kier molecular flexibility index (Phi) is 4.44. The molecule has 0 unspecified atom stereocenters. The quantitative estimate of drug-likeness (QED) is 0.911. The Morgan fingerprint density at radius 3 is 2.77 bits per heavy atom. The van der Waals surface area contributed by atoms with Crippen LogP contribution in [0.3, 0.4) is 0 Å². The Morgan fingerprint density at radius 1 is 1.41 bits per heavy atom. The number of amides is 1. The van der Waals surface area contributed by atoms with Crippen molar-refractivity contribution in [1.82, 2.24) is 20.4 Å². The first-order valence-electron chi connectivity index (χ1n) is 7.04. The fourth-order valence-corrected chi connectivity index (χ4v) is 1.97. The van der Waals surface area contributed by atoms with Gasteiger partial charge >= 0.3 is 0 Å². The zero-order valence-electron chi connectivity index (χ0n) is 13.4. The summed E-state index contributed by atoms with van der Waals surface area (Å²) >= 11 is 0. The first-order chi connectivity index (χ1) is 10.3. The molecule has 0 saturated carbocycles. The van der Waals surface area contributed by atoms with Gasteiger partial charge in [-0.25, -0.2) is 4.98 Å². The minimum absolute atomic E-state index is 0.00108. The largest absolute Gasteiger partial charge is 0.489 e. The van der Waals surface area contributed by atoms with Crippen LogP contribution in [0.25, 0.3) is 11.6 Å². The minimum atomic E-state index is -0.735. The van der Waals surface area contributed by atoms with Gasteiger partial charge in [0.25, 0.3) is 5.89 Å². The molecule has 22 heavy (non-hydrogen) atoms. The molecule has 0 radical (unpaired) electrons. The van der Waals surface area contributed by atoms with Gasteiger partial charge in [0.1, 0.15) is 0 Å². The van der Waals surface area contributed by atoms with Gasteiger partial charge in [-0.1, -0.05) is 5.16 Å². The lowest BCUT2D eigenvalue weighted by atomic mass is 10.1. The summed E-state index contributed by atoms with van der Waals surface area (Å²) in [4.78, 5) is 19.8. The van der Waals surface area contributed by atoms with Gasteiger partial charge in [0.05, 0.1) is 11.6 Å². The topological polar surface area (TPSA) is 90.1 Å². The highest BCUT2D eigenvalue weighted by atomic mass is 16.5. The zero-order valence-corrected chi connectivity index (χ0v) is 13.4. The molecule has 0 aliphatic heterocycles. The highest BCUT2D eigenvalue weighted by Gasteiger charge is 2.28. The van der Waals surface area contributed by atoms with E-state index in [4.69, 9.17) is 9.26 Å². The summed E-state index contributed by atoms with van der Waals surface area (Å²) in [6.07, 6.45) is 1.63. The molecular weight excluding hydrogens is 284 g/mol. The van der Waals surface area contributed by atoms with E-state index >= 15 is 0 Å². The van der Waals surface area contributed by atoms with Crippen molar-refractivity contribution in [2.45, 2.75) is 46.3 Å². The van der Waals surface area contributed by atoms with Crippen molar-refractivity contribution in [2.24, 2.45) is 0 Å². The number of nitrogens with one attached hydrogen (secondary N) is 1. The van der Waals surface area contributed by atoms with Gasteiger partial charge in [0.15, 0.2) is 17.3 Å². The molecule has 0 saturated heterocycles. The lowest BCUT2D eigenvalue weighted by Gasteiger charge is -2.20. The second-order valence-corrected chi connectivity index (χ2v) is 5.75. The molecule has 1 N–H and O–H groups in total. The molecule has 118 valence electrons. The molecule has 2 aromatic rings. The summed E-state index contributed by atoms with van der Waals surface area (Å²) in [5, 5.41) is 6.71. The summed E-state index contributed by atoms with van der Waals surface area (Å²) in [7, 11) is 0. The lowest BCUT2D eigenvalue weighted by Crippen LogP contribution is -2.40. The van der Waals surface area contributed by atoms with Crippen molar-refractivity contribution in [2.75, 3.05) is 0 Å². The summed E-state index contributed by atoms with van der Waals surface area (Å²) in [6, 6.07) is 3.57. The molecule has 0 aliphatic rings. The average molecular weight is 304 g/mol. The standard InChI is InChI=1S/C15H20N4O3/c1-9(2)21-11-7-6-8-16-12(11)13-17-14(19-22-13)15(4,5)18-10(3)20/h6-9H,1-5H3,(H,18,20). The van der Waals surface area contributed by atoms with Crippen LogP contribution in [0.2, 0.25) is 0 Å². The van der Waals surface area contributed by atoms with Crippen molar-refractivity contribution >= 4 is 5.91 Å². The maximum Gasteiger partial charge on any atom is 0.280 e. The predicted molar refractivity (Wildman–Crippen MR) is 80.1 cm³/mol. The maximum absolute atomic E-state index is 11.3. The predicted octanol–water partition coefficient (Wildman–Crippen LogP) is 2.29. The third-order valence-electron chi connectivity index (χ3n) is 2.81. The molecule has 2 aromatic heterocycles. The minimum Gasteiger partial charge on any atom is -0.489 e. The van der Waals surface area contributed by atoms with Gasteiger partial charge in [-0.2, -0.15) is 4.98 Å². The van der Waals surface area contributed by atoms with Crippen LogP contribution in [-0.2, 0) is 10.3 Å². The van der Waals surface area contributed by atoms with Crippen LogP contribution in [0.4, 0.5) is 0 Å². The molecule has 2 heterocycles. The Hall–Kier alpha value is -2.44. The van der Waals surface area contributed by atoms with Crippen molar-refractivity contribution in [3.63, 3.8) is 0 Å². The SMILES string of the molecule is CC(=O)NC(C)(C)c1noc(-c2ncccc2OC(C)C)n1. The van der Waals surface area contributed by atoms with Gasteiger partial charge in [0.2, 0.25) is 5.91 Å². The number of hydrogen-bond donors (Lipinski definition) is 1. The highest BCUT2D eigenvalue weighted by molar-refractivity contribution is 5.73. The molecule has 0 spiro atoms.